The minimum absolute atomic E-state index is 0.418. The molecule has 1 aliphatic heterocycles. The Morgan fingerprint density at radius 2 is 1.65 bits per heavy atom. The van der Waals surface area contributed by atoms with Gasteiger partial charge in [0, 0.05) is 18.7 Å². The second-order valence-electron chi connectivity index (χ2n) is 6.96. The number of hydrogen-bond acceptors (Lipinski definition) is 3. The summed E-state index contributed by atoms with van der Waals surface area (Å²) < 4.78 is 0. The van der Waals surface area contributed by atoms with Crippen LogP contribution in [0.3, 0.4) is 0 Å². The Bertz CT molecular complexity index is 719. The molecular formula is C21H25Cl2NO2. The van der Waals surface area contributed by atoms with Crippen LogP contribution in [0, 0.1) is 0 Å². The number of benzene rings is 2. The first-order chi connectivity index (χ1) is 12.5. The minimum atomic E-state index is -1.16. The fourth-order valence-electron chi connectivity index (χ4n) is 3.67. The average Bonchev–Trinajstić information content (AvgIpc) is 2.69. The molecule has 2 unspecified atom stereocenters. The van der Waals surface area contributed by atoms with E-state index in [0.717, 1.165) is 37.1 Å². The van der Waals surface area contributed by atoms with Crippen LogP contribution in [-0.4, -0.2) is 28.2 Å². The summed E-state index contributed by atoms with van der Waals surface area (Å²) in [5, 5.41) is 23.1. The van der Waals surface area contributed by atoms with Crippen LogP contribution >= 0.6 is 23.2 Å². The third-order valence-corrected chi connectivity index (χ3v) is 5.95. The summed E-state index contributed by atoms with van der Waals surface area (Å²) in [6, 6.07) is 14.9. The van der Waals surface area contributed by atoms with E-state index in [4.69, 9.17) is 23.2 Å². The Kier molecular flexibility index (Phi) is 6.60. The normalized spacial score (nSPS) is 19.1. The lowest BCUT2D eigenvalue weighted by atomic mass is 9.91. The molecule has 2 N–H and O–H groups in total. The van der Waals surface area contributed by atoms with Crippen LogP contribution in [0.25, 0.3) is 0 Å². The molecule has 0 spiro atoms. The second kappa shape index (κ2) is 8.73. The maximum absolute atomic E-state index is 11.6. The molecule has 0 aromatic heterocycles. The standard InChI is InChI=1S/C21H25Cl2NO2/c22-18-10-9-17(15-19(18)23)21(26,24-13-5-2-6-14-24)12-11-20(25)16-7-3-1-4-8-16/h1,3-4,7-10,15,20,25-26H,2,5-6,11-14H2. The summed E-state index contributed by atoms with van der Waals surface area (Å²) >= 11 is 12.3. The molecule has 26 heavy (non-hydrogen) atoms. The minimum Gasteiger partial charge on any atom is -0.388 e. The van der Waals surface area contributed by atoms with Gasteiger partial charge in [-0.1, -0.05) is 66.0 Å². The molecule has 3 nitrogen and oxygen atoms in total. The first-order valence-electron chi connectivity index (χ1n) is 9.17. The highest BCUT2D eigenvalue weighted by atomic mass is 35.5. The smallest absolute Gasteiger partial charge is 0.144 e. The molecule has 0 bridgehead atoms. The van der Waals surface area contributed by atoms with E-state index >= 15 is 0 Å². The van der Waals surface area contributed by atoms with Crippen molar-refractivity contribution in [1.29, 1.82) is 0 Å². The molecule has 1 fully saturated rings. The van der Waals surface area contributed by atoms with Crippen LogP contribution in [-0.2, 0) is 5.72 Å². The summed E-state index contributed by atoms with van der Waals surface area (Å²) in [6.07, 6.45) is 3.56. The fourth-order valence-corrected chi connectivity index (χ4v) is 3.97. The molecular weight excluding hydrogens is 369 g/mol. The third-order valence-electron chi connectivity index (χ3n) is 5.21. The first-order valence-corrected chi connectivity index (χ1v) is 9.92. The molecule has 0 saturated carbocycles. The zero-order valence-electron chi connectivity index (χ0n) is 14.7. The lowest BCUT2D eigenvalue weighted by Gasteiger charge is -2.43. The molecule has 2 aromatic carbocycles. The van der Waals surface area contributed by atoms with Crippen molar-refractivity contribution in [3.8, 4) is 0 Å². The van der Waals surface area contributed by atoms with Crippen LogP contribution < -0.4 is 0 Å². The number of halogens is 2. The third kappa shape index (κ3) is 4.41. The Hall–Kier alpha value is -1.10. The predicted octanol–water partition coefficient (Wildman–Crippen LogP) is 5.14. The quantitative estimate of drug-likeness (QED) is 0.713. The summed E-state index contributed by atoms with van der Waals surface area (Å²) in [5.74, 6) is 0. The summed E-state index contributed by atoms with van der Waals surface area (Å²) in [5.41, 5.74) is 0.432. The molecule has 1 heterocycles. The van der Waals surface area contributed by atoms with E-state index in [2.05, 4.69) is 4.90 Å². The Morgan fingerprint density at radius 1 is 0.962 bits per heavy atom. The molecule has 3 rings (SSSR count). The first kappa shape index (κ1) is 19.7. The predicted molar refractivity (Wildman–Crippen MR) is 106 cm³/mol. The number of aliphatic hydroxyl groups is 2. The van der Waals surface area contributed by atoms with Crippen LogP contribution in [0.2, 0.25) is 10.0 Å². The van der Waals surface area contributed by atoms with Gasteiger partial charge in [-0.2, -0.15) is 0 Å². The van der Waals surface area contributed by atoms with Gasteiger partial charge in [0.1, 0.15) is 5.72 Å². The molecule has 1 aliphatic rings. The van der Waals surface area contributed by atoms with Crippen LogP contribution in [0.4, 0.5) is 0 Å². The van der Waals surface area contributed by atoms with E-state index < -0.39 is 11.8 Å². The fraction of sp³-hybridized carbons (Fsp3) is 0.429. The number of likely N-dealkylation sites (tertiary alicyclic amines) is 1. The molecule has 0 aliphatic carbocycles. The largest absolute Gasteiger partial charge is 0.388 e. The molecule has 2 atom stereocenters. The Labute approximate surface area is 165 Å². The molecule has 2 aromatic rings. The van der Waals surface area contributed by atoms with Crippen molar-refractivity contribution in [2.24, 2.45) is 0 Å². The summed E-state index contributed by atoms with van der Waals surface area (Å²) in [7, 11) is 0. The van der Waals surface area contributed by atoms with Crippen molar-refractivity contribution in [2.45, 2.75) is 43.9 Å². The topological polar surface area (TPSA) is 43.7 Å². The molecule has 1 saturated heterocycles. The maximum atomic E-state index is 11.6. The van der Waals surface area contributed by atoms with Gasteiger partial charge in [-0.05, 0) is 43.4 Å². The van der Waals surface area contributed by atoms with E-state index in [1.165, 1.54) is 6.42 Å². The van der Waals surface area contributed by atoms with Crippen molar-refractivity contribution in [2.75, 3.05) is 13.1 Å². The van der Waals surface area contributed by atoms with Gasteiger partial charge in [0.05, 0.1) is 16.1 Å². The van der Waals surface area contributed by atoms with E-state index in [1.54, 1.807) is 12.1 Å². The Morgan fingerprint density at radius 3 is 2.31 bits per heavy atom. The number of aliphatic hydroxyl groups excluding tert-OH is 1. The van der Waals surface area contributed by atoms with E-state index in [0.29, 0.717) is 22.9 Å². The highest BCUT2D eigenvalue weighted by Gasteiger charge is 2.37. The van der Waals surface area contributed by atoms with Crippen molar-refractivity contribution < 1.29 is 10.2 Å². The van der Waals surface area contributed by atoms with Gasteiger partial charge in [-0.15, -0.1) is 0 Å². The number of hydrogen-bond donors (Lipinski definition) is 2. The Balaban J connectivity index is 1.84. The second-order valence-corrected chi connectivity index (χ2v) is 7.77. The number of rotatable bonds is 6. The molecule has 0 radical (unpaired) electrons. The van der Waals surface area contributed by atoms with Gasteiger partial charge in [0.2, 0.25) is 0 Å². The molecule has 140 valence electrons. The molecule has 0 amide bonds. The highest BCUT2D eigenvalue weighted by Crippen LogP contribution is 2.37. The van der Waals surface area contributed by atoms with E-state index in [9.17, 15) is 10.2 Å². The van der Waals surface area contributed by atoms with Crippen LogP contribution in [0.15, 0.2) is 48.5 Å². The SMILES string of the molecule is OC(CCC(O)(c1ccc(Cl)c(Cl)c1)N1CCCCC1)c1ccccc1. The number of nitrogens with zero attached hydrogens (tertiary/aromatic N) is 1. The van der Waals surface area contributed by atoms with Gasteiger partial charge in [0.25, 0.3) is 0 Å². The van der Waals surface area contributed by atoms with Gasteiger partial charge >= 0.3 is 0 Å². The lowest BCUT2D eigenvalue weighted by molar-refractivity contribution is -0.135. The van der Waals surface area contributed by atoms with Crippen molar-refractivity contribution in [1.82, 2.24) is 4.90 Å². The van der Waals surface area contributed by atoms with Crippen molar-refractivity contribution in [3.63, 3.8) is 0 Å². The monoisotopic (exact) mass is 393 g/mol. The summed E-state index contributed by atoms with van der Waals surface area (Å²) in [6.45, 7) is 1.66. The van der Waals surface area contributed by atoms with E-state index in [-0.39, 0.29) is 0 Å². The van der Waals surface area contributed by atoms with Crippen LogP contribution in [0.5, 0.6) is 0 Å². The van der Waals surface area contributed by atoms with Gasteiger partial charge in [0.15, 0.2) is 0 Å². The van der Waals surface area contributed by atoms with Crippen LogP contribution in [0.1, 0.15) is 49.3 Å². The maximum Gasteiger partial charge on any atom is 0.144 e. The van der Waals surface area contributed by atoms with E-state index in [1.807, 2.05) is 36.4 Å². The number of piperidine rings is 1. The van der Waals surface area contributed by atoms with Crippen molar-refractivity contribution >= 4 is 23.2 Å². The van der Waals surface area contributed by atoms with Crippen molar-refractivity contribution in [3.05, 3.63) is 69.7 Å². The summed E-state index contributed by atoms with van der Waals surface area (Å²) in [4.78, 5) is 2.10. The zero-order chi connectivity index (χ0) is 18.6. The average molecular weight is 394 g/mol. The molecule has 5 heteroatoms. The zero-order valence-corrected chi connectivity index (χ0v) is 16.3. The highest BCUT2D eigenvalue weighted by molar-refractivity contribution is 6.42. The van der Waals surface area contributed by atoms with Gasteiger partial charge in [-0.25, -0.2) is 0 Å². The lowest BCUT2D eigenvalue weighted by Crippen LogP contribution is -2.48. The van der Waals surface area contributed by atoms with Gasteiger partial charge < -0.3 is 10.2 Å². The van der Waals surface area contributed by atoms with Gasteiger partial charge in [-0.3, -0.25) is 4.90 Å².